The third kappa shape index (κ3) is 3.87. The van der Waals surface area contributed by atoms with Crippen LogP contribution in [0.4, 0.5) is 0 Å². The highest BCUT2D eigenvalue weighted by atomic mass is 16.5. The number of ether oxygens (including phenoxy) is 1. The molecule has 0 radical (unpaired) electrons. The molecule has 0 aromatic heterocycles. The first-order valence-electron chi connectivity index (χ1n) is 10.4. The Morgan fingerprint density at radius 1 is 0.926 bits per heavy atom. The topological polar surface area (TPSA) is 26.3 Å². The van der Waals surface area contributed by atoms with Crippen LogP contribution in [0.5, 0.6) is 0 Å². The van der Waals surface area contributed by atoms with Gasteiger partial charge in [0.2, 0.25) is 0 Å². The largest absolute Gasteiger partial charge is 0.380 e. The number of hydrogen-bond acceptors (Lipinski definition) is 2. The van der Waals surface area contributed by atoms with E-state index in [1.165, 1.54) is 24.0 Å². The molecule has 0 fully saturated rings. The average molecular weight is 365 g/mol. The van der Waals surface area contributed by atoms with Crippen LogP contribution in [0.1, 0.15) is 64.0 Å². The lowest BCUT2D eigenvalue weighted by molar-refractivity contribution is -0.125. The minimum atomic E-state index is -0.652. The molecule has 2 aromatic rings. The molecule has 0 saturated carbocycles. The van der Waals surface area contributed by atoms with Gasteiger partial charge in [-0.05, 0) is 41.5 Å². The lowest BCUT2D eigenvalue weighted by atomic mass is 9.73. The highest BCUT2D eigenvalue weighted by molar-refractivity contribution is 6.01. The maximum absolute atomic E-state index is 13.6. The number of hydrogen-bond donors (Lipinski definition) is 0. The van der Waals surface area contributed by atoms with Crippen molar-refractivity contribution in [3.8, 4) is 11.1 Å². The highest BCUT2D eigenvalue weighted by Gasteiger charge is 2.48. The average Bonchev–Trinajstić information content (AvgIpc) is 2.97. The smallest absolute Gasteiger partial charge is 0.150 e. The summed E-state index contributed by atoms with van der Waals surface area (Å²) in [4.78, 5) is 13.6. The van der Waals surface area contributed by atoms with Gasteiger partial charge in [-0.25, -0.2) is 0 Å². The Morgan fingerprint density at radius 3 is 2.07 bits per heavy atom. The summed E-state index contributed by atoms with van der Waals surface area (Å²) >= 11 is 0. The number of ketones is 1. The number of fused-ring (bicyclic) bond motifs is 3. The molecular weight excluding hydrogens is 332 g/mol. The van der Waals surface area contributed by atoms with Gasteiger partial charge in [-0.3, -0.25) is 4.79 Å². The molecule has 1 aliphatic rings. The Bertz CT molecular complexity index is 730. The van der Waals surface area contributed by atoms with Crippen LogP contribution in [0, 0.1) is 5.92 Å². The summed E-state index contributed by atoms with van der Waals surface area (Å²) in [6, 6.07) is 16.7. The Morgan fingerprint density at radius 2 is 1.52 bits per heavy atom. The van der Waals surface area contributed by atoms with E-state index >= 15 is 0 Å². The number of benzene rings is 2. The van der Waals surface area contributed by atoms with Crippen LogP contribution in [0.3, 0.4) is 0 Å². The molecule has 144 valence electrons. The van der Waals surface area contributed by atoms with Crippen molar-refractivity contribution in [2.45, 2.75) is 58.3 Å². The maximum Gasteiger partial charge on any atom is 0.150 e. The minimum absolute atomic E-state index is 0.304. The van der Waals surface area contributed by atoms with Crippen LogP contribution < -0.4 is 0 Å². The Kier molecular flexibility index (Phi) is 6.49. The van der Waals surface area contributed by atoms with Crippen molar-refractivity contribution in [2.75, 3.05) is 13.2 Å². The first kappa shape index (κ1) is 19.8. The Labute approximate surface area is 164 Å². The van der Waals surface area contributed by atoms with Crippen molar-refractivity contribution in [3.05, 3.63) is 59.7 Å². The Balaban J connectivity index is 1.90. The summed E-state index contributed by atoms with van der Waals surface area (Å²) in [5.41, 5.74) is 3.95. The van der Waals surface area contributed by atoms with Crippen LogP contribution in [0.15, 0.2) is 48.5 Å². The molecule has 2 aromatic carbocycles. The summed E-state index contributed by atoms with van der Waals surface area (Å²) in [7, 11) is 0. The van der Waals surface area contributed by atoms with E-state index < -0.39 is 5.41 Å². The molecule has 0 heterocycles. The maximum atomic E-state index is 13.6. The van der Waals surface area contributed by atoms with E-state index in [2.05, 4.69) is 50.2 Å². The predicted molar refractivity (Wildman–Crippen MR) is 112 cm³/mol. The zero-order valence-corrected chi connectivity index (χ0v) is 17.0. The fourth-order valence-corrected chi connectivity index (χ4v) is 4.35. The van der Waals surface area contributed by atoms with Gasteiger partial charge in [0.05, 0.1) is 6.61 Å². The van der Waals surface area contributed by atoms with Crippen LogP contribution in [0.25, 0.3) is 11.1 Å². The second kappa shape index (κ2) is 8.84. The van der Waals surface area contributed by atoms with Gasteiger partial charge >= 0.3 is 0 Å². The van der Waals surface area contributed by atoms with Gasteiger partial charge in [0.1, 0.15) is 11.2 Å². The van der Waals surface area contributed by atoms with E-state index in [0.717, 1.165) is 29.9 Å². The Hall–Kier alpha value is -1.93. The summed E-state index contributed by atoms with van der Waals surface area (Å²) < 4.78 is 5.89. The molecule has 0 atom stereocenters. The summed E-state index contributed by atoms with van der Waals surface area (Å²) in [6.07, 6.45) is 5.15. The van der Waals surface area contributed by atoms with E-state index in [1.807, 2.05) is 19.1 Å². The molecule has 0 bridgehead atoms. The van der Waals surface area contributed by atoms with Crippen molar-refractivity contribution in [1.29, 1.82) is 0 Å². The fourth-order valence-electron chi connectivity index (χ4n) is 4.35. The van der Waals surface area contributed by atoms with E-state index in [1.54, 1.807) is 0 Å². The molecule has 2 heteroatoms. The van der Waals surface area contributed by atoms with Gasteiger partial charge in [-0.2, -0.15) is 0 Å². The van der Waals surface area contributed by atoms with E-state index in [-0.39, 0.29) is 0 Å². The first-order chi connectivity index (χ1) is 13.1. The van der Waals surface area contributed by atoms with E-state index in [0.29, 0.717) is 25.4 Å². The molecule has 0 unspecified atom stereocenters. The molecule has 0 amide bonds. The van der Waals surface area contributed by atoms with Gasteiger partial charge in [0.15, 0.2) is 0 Å². The van der Waals surface area contributed by atoms with Crippen molar-refractivity contribution in [1.82, 2.24) is 0 Å². The molecule has 1 aliphatic carbocycles. The van der Waals surface area contributed by atoms with Crippen LogP contribution >= 0.6 is 0 Å². The van der Waals surface area contributed by atoms with Gasteiger partial charge in [0, 0.05) is 13.0 Å². The molecule has 2 nitrogen and oxygen atoms in total. The standard InChI is InChI=1S/C25H32O2/c1-4-27-18-25(24(26)17-7-5-6-12-19(2)3)22-15-10-8-13-20(22)21-14-9-11-16-23(21)25/h8-11,13-16,19H,4-7,12,17-18H2,1-3H3. The van der Waals surface area contributed by atoms with Crippen LogP contribution in [-0.2, 0) is 14.9 Å². The van der Waals surface area contributed by atoms with Crippen molar-refractivity contribution in [3.63, 3.8) is 0 Å². The number of rotatable bonds is 10. The van der Waals surface area contributed by atoms with Gasteiger partial charge in [-0.1, -0.05) is 81.6 Å². The number of Topliss-reactive ketones (excluding diaryl/α,β-unsaturated/α-hetero) is 1. The predicted octanol–water partition coefficient (Wildman–Crippen LogP) is 6.17. The summed E-state index contributed by atoms with van der Waals surface area (Å²) in [5, 5.41) is 0. The van der Waals surface area contributed by atoms with Crippen molar-refractivity contribution in [2.24, 2.45) is 5.92 Å². The lowest BCUT2D eigenvalue weighted by Crippen LogP contribution is -2.40. The number of unbranched alkanes of at least 4 members (excludes halogenated alkanes) is 2. The first-order valence-corrected chi connectivity index (χ1v) is 10.4. The number of carbonyl (C=O) groups excluding carboxylic acids is 1. The van der Waals surface area contributed by atoms with Crippen LogP contribution in [0.2, 0.25) is 0 Å². The monoisotopic (exact) mass is 364 g/mol. The van der Waals surface area contributed by atoms with Gasteiger partial charge < -0.3 is 4.74 Å². The third-order valence-corrected chi connectivity index (χ3v) is 5.75. The molecule has 0 spiro atoms. The minimum Gasteiger partial charge on any atom is -0.380 e. The fraction of sp³-hybridized carbons (Fsp3) is 0.480. The zero-order valence-electron chi connectivity index (χ0n) is 17.0. The molecule has 0 N–H and O–H groups in total. The number of carbonyl (C=O) groups is 1. The third-order valence-electron chi connectivity index (χ3n) is 5.75. The molecule has 3 rings (SSSR count). The molecule has 0 aliphatic heterocycles. The molecule has 27 heavy (non-hydrogen) atoms. The molecular formula is C25H32O2. The second-order valence-corrected chi connectivity index (χ2v) is 8.05. The van der Waals surface area contributed by atoms with Gasteiger partial charge in [0.25, 0.3) is 0 Å². The summed E-state index contributed by atoms with van der Waals surface area (Å²) in [6.45, 7) is 7.57. The van der Waals surface area contributed by atoms with Crippen molar-refractivity contribution >= 4 is 5.78 Å². The zero-order chi connectivity index (χ0) is 19.3. The quantitative estimate of drug-likeness (QED) is 0.472. The van der Waals surface area contributed by atoms with Gasteiger partial charge in [-0.15, -0.1) is 0 Å². The van der Waals surface area contributed by atoms with Crippen molar-refractivity contribution < 1.29 is 9.53 Å². The second-order valence-electron chi connectivity index (χ2n) is 8.05. The van der Waals surface area contributed by atoms with Crippen LogP contribution in [-0.4, -0.2) is 19.0 Å². The molecule has 0 saturated heterocycles. The highest BCUT2D eigenvalue weighted by Crippen LogP contribution is 2.50. The summed E-state index contributed by atoms with van der Waals surface area (Å²) in [5.74, 6) is 1.04. The van der Waals surface area contributed by atoms with E-state index in [4.69, 9.17) is 4.74 Å². The lowest BCUT2D eigenvalue weighted by Gasteiger charge is -2.30. The normalized spacial score (nSPS) is 14.2. The van der Waals surface area contributed by atoms with E-state index in [9.17, 15) is 4.79 Å². The SMILES string of the molecule is CCOCC1(C(=O)CCCCCC(C)C)c2ccccc2-c2ccccc21.